The Kier molecular flexibility index (Phi) is 10.1. The molecule has 5 rings (SSSR count). The molecule has 1 fully saturated rings. The van der Waals surface area contributed by atoms with Gasteiger partial charge in [-0.2, -0.15) is 4.37 Å². The fourth-order valence-corrected chi connectivity index (χ4v) is 5.41. The van der Waals surface area contributed by atoms with E-state index in [0.29, 0.717) is 26.8 Å². The minimum absolute atomic E-state index is 0. The number of benzene rings is 3. The Morgan fingerprint density at radius 2 is 1.79 bits per heavy atom. The third-order valence-electron chi connectivity index (χ3n) is 6.64. The number of aryl methyl sites for hydroxylation is 1. The van der Waals surface area contributed by atoms with Gasteiger partial charge in [0.15, 0.2) is 0 Å². The summed E-state index contributed by atoms with van der Waals surface area (Å²) in [6.07, 6.45) is 2.60. The summed E-state index contributed by atoms with van der Waals surface area (Å²) in [6, 6.07) is 19.7. The maximum absolute atomic E-state index is 15.4. The van der Waals surface area contributed by atoms with Gasteiger partial charge in [0.05, 0.1) is 16.3 Å². The molecule has 39 heavy (non-hydrogen) atoms. The number of carbonyl (C=O) groups is 1. The van der Waals surface area contributed by atoms with Crippen LogP contribution in [0, 0.1) is 12.7 Å². The van der Waals surface area contributed by atoms with Crippen molar-refractivity contribution in [2.45, 2.75) is 38.2 Å². The van der Waals surface area contributed by atoms with Crippen LogP contribution in [0.2, 0.25) is 5.02 Å². The molecule has 1 heterocycles. The maximum Gasteiger partial charge on any atom is 1.00 e. The molecule has 1 aliphatic carbocycles. The molecule has 0 spiro atoms. The molecule has 4 aromatic rings. The first-order valence-electron chi connectivity index (χ1n) is 11.8. The Morgan fingerprint density at radius 1 is 1.13 bits per heavy atom. The molecule has 1 saturated carbocycles. The number of nitrogens with one attached hydrogen (secondary N) is 1. The van der Waals surface area contributed by atoms with Crippen LogP contribution in [-0.4, -0.2) is 22.2 Å². The summed E-state index contributed by atoms with van der Waals surface area (Å²) < 4.78 is 25.2. The van der Waals surface area contributed by atoms with E-state index in [1.165, 1.54) is 12.1 Å². The fourth-order valence-electron chi connectivity index (χ4n) is 4.27. The molecule has 2 N–H and O–H groups in total. The molecular formula is C29H24ClFN2NaO4S-. The van der Waals surface area contributed by atoms with Gasteiger partial charge in [0.2, 0.25) is 0 Å². The zero-order valence-corrected chi connectivity index (χ0v) is 25.2. The molecular weight excluding hydrogens is 550 g/mol. The Balaban J connectivity index is 0.00000210. The number of hydrogen-bond acceptors (Lipinski definition) is 6. The predicted molar refractivity (Wildman–Crippen MR) is 146 cm³/mol. The minimum atomic E-state index is -0.662. The van der Waals surface area contributed by atoms with Crippen LogP contribution in [0.3, 0.4) is 0 Å². The summed E-state index contributed by atoms with van der Waals surface area (Å²) in [4.78, 5) is 24.4. The van der Waals surface area contributed by atoms with Gasteiger partial charge in [-0.25, -0.2) is 9.18 Å². The van der Waals surface area contributed by atoms with E-state index >= 15 is 4.39 Å². The van der Waals surface area contributed by atoms with Crippen LogP contribution in [0.4, 0.5) is 14.9 Å². The van der Waals surface area contributed by atoms with Crippen molar-refractivity contribution in [3.05, 3.63) is 94.4 Å². The van der Waals surface area contributed by atoms with Gasteiger partial charge < -0.3 is 15.0 Å². The number of halogens is 2. The number of nitrogens with zero attached hydrogens (tertiary/aromatic N) is 1. The predicted octanol–water partition coefficient (Wildman–Crippen LogP) is 4.86. The van der Waals surface area contributed by atoms with Gasteiger partial charge in [-0.05, 0) is 48.6 Å². The van der Waals surface area contributed by atoms with E-state index in [4.69, 9.17) is 16.3 Å². The van der Waals surface area contributed by atoms with Gasteiger partial charge in [-0.1, -0.05) is 84.6 Å². The van der Waals surface area contributed by atoms with Crippen molar-refractivity contribution < 1.29 is 53.7 Å². The van der Waals surface area contributed by atoms with E-state index in [-0.39, 0.29) is 40.6 Å². The van der Waals surface area contributed by atoms with Crippen molar-refractivity contribution >= 4 is 41.2 Å². The molecule has 1 aromatic heterocycles. The fraction of sp³-hybridized carbons (Fsp3) is 0.207. The number of amides is 1. The number of ether oxygens (including phenoxy) is 1. The van der Waals surface area contributed by atoms with Gasteiger partial charge >= 0.3 is 35.7 Å². The number of anilines is 1. The van der Waals surface area contributed by atoms with Crippen molar-refractivity contribution in [2.24, 2.45) is 0 Å². The Bertz CT molecular complexity index is 1480. The molecule has 0 unspecified atom stereocenters. The second-order valence-electron chi connectivity index (χ2n) is 9.13. The van der Waals surface area contributed by atoms with E-state index in [9.17, 15) is 9.59 Å². The van der Waals surface area contributed by atoms with E-state index < -0.39 is 23.4 Å². The van der Waals surface area contributed by atoms with Crippen LogP contribution in [0.15, 0.2) is 66.7 Å². The molecule has 1 aliphatic rings. The number of hydrogen-bond donors (Lipinski definition) is 1. The molecule has 3 aromatic carbocycles. The largest absolute Gasteiger partial charge is 1.00 e. The Hall–Kier alpha value is -2.59. The van der Waals surface area contributed by atoms with Crippen LogP contribution in [0.25, 0.3) is 21.6 Å². The SMILES string of the molecule is Cc1nsc(-c2cc(Cl)c(-c3ccc(C4([C-]=O)CC4)cc3)cc2F)c1NC(=O)O[C@H](C)c1ccccc1.[Na+].[OH-]. The monoisotopic (exact) mass is 573 g/mol. The van der Waals surface area contributed by atoms with E-state index in [1.807, 2.05) is 54.6 Å². The number of carbonyl (C=O) groups excluding carboxylic acids is 2. The van der Waals surface area contributed by atoms with Gasteiger partial charge in [0, 0.05) is 16.1 Å². The van der Waals surface area contributed by atoms with Gasteiger partial charge in [-0.3, -0.25) is 11.6 Å². The van der Waals surface area contributed by atoms with Crippen molar-refractivity contribution in [2.75, 3.05) is 5.32 Å². The van der Waals surface area contributed by atoms with Crippen LogP contribution >= 0.6 is 23.1 Å². The first-order chi connectivity index (χ1) is 17.8. The summed E-state index contributed by atoms with van der Waals surface area (Å²) in [7, 11) is 0. The Labute approximate surface area is 257 Å². The summed E-state index contributed by atoms with van der Waals surface area (Å²) in [5.41, 5.74) is 3.68. The summed E-state index contributed by atoms with van der Waals surface area (Å²) in [5.74, 6) is -0.499. The van der Waals surface area contributed by atoms with Crippen molar-refractivity contribution in [3.63, 3.8) is 0 Å². The van der Waals surface area contributed by atoms with Gasteiger partial charge in [-0.15, -0.1) is 5.41 Å². The smallest absolute Gasteiger partial charge is 0.870 e. The third-order valence-corrected chi connectivity index (χ3v) is 7.92. The van der Waals surface area contributed by atoms with Crippen LogP contribution in [0.1, 0.15) is 42.7 Å². The van der Waals surface area contributed by atoms with Gasteiger partial charge in [0.1, 0.15) is 11.9 Å². The molecule has 1 amide bonds. The number of aromatic nitrogens is 1. The molecule has 1 atom stereocenters. The normalized spacial score (nSPS) is 13.8. The average Bonchev–Trinajstić information content (AvgIpc) is 3.64. The maximum atomic E-state index is 15.4. The quantitative estimate of drug-likeness (QED) is 0.252. The first kappa shape index (κ1) is 30.9. The topological polar surface area (TPSA) is 98.3 Å². The molecule has 0 radical (unpaired) electrons. The van der Waals surface area contributed by atoms with Crippen molar-refractivity contribution in [1.29, 1.82) is 0 Å². The second kappa shape index (κ2) is 12.7. The van der Waals surface area contributed by atoms with Crippen LogP contribution in [0.5, 0.6) is 0 Å². The van der Waals surface area contributed by atoms with E-state index in [1.54, 1.807) is 13.8 Å². The average molecular weight is 574 g/mol. The minimum Gasteiger partial charge on any atom is -0.870 e. The standard InChI is InChI=1S/C29H23ClFN2O3S.Na.H2O/c1-17-26(32-28(35)36-18(2)19-6-4-3-5-7-19)27(37-33-17)23-14-24(30)22(15-25(23)31)20-8-10-21(11-9-20)29(16-34)12-13-29;;/h3-11,14-15,18H,12-13H2,1-2H3,(H,32,35);;1H2/q-1;+1;/p-1/t18-;;/m1../s1. The zero-order valence-electron chi connectivity index (χ0n) is 21.6. The molecule has 0 bridgehead atoms. The molecule has 0 saturated heterocycles. The zero-order chi connectivity index (χ0) is 26.2. The van der Waals surface area contributed by atoms with E-state index in [2.05, 4.69) is 16.0 Å². The summed E-state index contributed by atoms with van der Waals surface area (Å²) >= 11 is 7.67. The molecule has 6 nitrogen and oxygen atoms in total. The first-order valence-corrected chi connectivity index (χ1v) is 12.9. The summed E-state index contributed by atoms with van der Waals surface area (Å²) in [5, 5.41) is 3.08. The van der Waals surface area contributed by atoms with E-state index in [0.717, 1.165) is 41.1 Å². The molecule has 10 heteroatoms. The van der Waals surface area contributed by atoms with Gasteiger partial charge in [0.25, 0.3) is 0 Å². The molecule has 0 aliphatic heterocycles. The molecule has 196 valence electrons. The summed E-state index contributed by atoms with van der Waals surface area (Å²) in [6.45, 7) is 3.51. The Morgan fingerprint density at radius 3 is 2.41 bits per heavy atom. The van der Waals surface area contributed by atoms with Crippen molar-refractivity contribution in [1.82, 2.24) is 4.37 Å². The van der Waals surface area contributed by atoms with Crippen LogP contribution in [-0.2, 0) is 14.9 Å². The number of rotatable bonds is 7. The third kappa shape index (κ3) is 6.43. The van der Waals surface area contributed by atoms with Crippen LogP contribution < -0.4 is 34.9 Å². The van der Waals surface area contributed by atoms with Crippen molar-refractivity contribution in [3.8, 4) is 21.6 Å². The second-order valence-corrected chi connectivity index (χ2v) is 10.3.